The largest absolute Gasteiger partial charge is 0.346 e. The number of H-pyrrole nitrogens is 1. The lowest BCUT2D eigenvalue weighted by Crippen LogP contribution is -2.26. The van der Waals surface area contributed by atoms with E-state index in [0.29, 0.717) is 6.54 Å². The summed E-state index contributed by atoms with van der Waals surface area (Å²) in [6, 6.07) is 8.30. The van der Waals surface area contributed by atoms with Crippen molar-refractivity contribution in [3.05, 3.63) is 66.5 Å². The summed E-state index contributed by atoms with van der Waals surface area (Å²) in [7, 11) is 0. The summed E-state index contributed by atoms with van der Waals surface area (Å²) >= 11 is 0. The van der Waals surface area contributed by atoms with Crippen molar-refractivity contribution in [2.24, 2.45) is 5.92 Å². The number of fused-ring (bicyclic) bond motifs is 2. The lowest BCUT2D eigenvalue weighted by molar-refractivity contribution is 0.301. The van der Waals surface area contributed by atoms with Gasteiger partial charge in [-0.3, -0.25) is 0 Å². The zero-order valence-electron chi connectivity index (χ0n) is 17.2. The molecule has 6 rings (SSSR count). The van der Waals surface area contributed by atoms with E-state index in [1.54, 1.807) is 0 Å². The molecule has 5 aromatic rings. The minimum atomic E-state index is 0.573. The molecule has 5 heterocycles. The molecule has 0 atom stereocenters. The number of aromatic nitrogens is 7. The molecule has 5 aromatic heterocycles. The van der Waals surface area contributed by atoms with Gasteiger partial charge in [0.1, 0.15) is 17.0 Å². The minimum absolute atomic E-state index is 0.573. The number of aromatic amines is 1. The smallest absolute Gasteiger partial charge is 0.137 e. The molecule has 0 aromatic carbocycles. The maximum absolute atomic E-state index is 4.73. The van der Waals surface area contributed by atoms with Crippen LogP contribution in [0.2, 0.25) is 0 Å². The van der Waals surface area contributed by atoms with Crippen LogP contribution in [0.4, 0.5) is 0 Å². The highest BCUT2D eigenvalue weighted by Crippen LogP contribution is 2.25. The first-order valence-electron chi connectivity index (χ1n) is 10.8. The Morgan fingerprint density at radius 1 is 1.13 bits per heavy atom. The SMILES string of the molecule is c1cc2cc(-c3cn(Cc4cn5cc(CNCC6CCC6)ccc5n4)nn3)cnc2[nH]1. The molecule has 31 heavy (non-hydrogen) atoms. The van der Waals surface area contributed by atoms with Crippen LogP contribution < -0.4 is 5.32 Å². The van der Waals surface area contributed by atoms with E-state index in [0.717, 1.165) is 52.6 Å². The number of pyridine rings is 2. The molecule has 156 valence electrons. The molecule has 0 bridgehead atoms. The van der Waals surface area contributed by atoms with Gasteiger partial charge >= 0.3 is 0 Å². The highest BCUT2D eigenvalue weighted by Gasteiger charge is 2.16. The second kappa shape index (κ2) is 7.63. The van der Waals surface area contributed by atoms with Crippen molar-refractivity contribution in [2.45, 2.75) is 32.4 Å². The number of nitrogens with one attached hydrogen (secondary N) is 2. The fourth-order valence-corrected chi connectivity index (χ4v) is 4.14. The summed E-state index contributed by atoms with van der Waals surface area (Å²) in [6.07, 6.45) is 14.0. The van der Waals surface area contributed by atoms with Gasteiger partial charge in [-0.1, -0.05) is 17.7 Å². The zero-order valence-corrected chi connectivity index (χ0v) is 17.2. The van der Waals surface area contributed by atoms with E-state index in [4.69, 9.17) is 4.98 Å². The van der Waals surface area contributed by atoms with Crippen molar-refractivity contribution in [1.29, 1.82) is 0 Å². The zero-order chi connectivity index (χ0) is 20.6. The molecule has 2 N–H and O–H groups in total. The summed E-state index contributed by atoms with van der Waals surface area (Å²) in [5, 5.41) is 13.2. The van der Waals surface area contributed by atoms with E-state index >= 15 is 0 Å². The van der Waals surface area contributed by atoms with Crippen molar-refractivity contribution in [1.82, 2.24) is 39.7 Å². The molecule has 8 nitrogen and oxygen atoms in total. The topological polar surface area (TPSA) is 88.7 Å². The van der Waals surface area contributed by atoms with E-state index in [1.807, 2.05) is 29.3 Å². The van der Waals surface area contributed by atoms with Gasteiger partial charge in [-0.05, 0) is 49.1 Å². The molecule has 0 aliphatic heterocycles. The van der Waals surface area contributed by atoms with Crippen LogP contribution in [0, 0.1) is 5.92 Å². The molecule has 1 aliphatic rings. The van der Waals surface area contributed by atoms with Gasteiger partial charge in [0.05, 0.1) is 18.4 Å². The number of rotatable bonds is 7. The van der Waals surface area contributed by atoms with Gasteiger partial charge in [-0.15, -0.1) is 5.10 Å². The lowest BCUT2D eigenvalue weighted by Gasteiger charge is -2.25. The molecule has 0 saturated heterocycles. The van der Waals surface area contributed by atoms with E-state index in [9.17, 15) is 0 Å². The van der Waals surface area contributed by atoms with Crippen molar-refractivity contribution in [3.8, 4) is 11.3 Å². The fourth-order valence-electron chi connectivity index (χ4n) is 4.14. The second-order valence-electron chi connectivity index (χ2n) is 8.40. The molecule has 1 aliphatic carbocycles. The van der Waals surface area contributed by atoms with Gasteiger partial charge in [0.2, 0.25) is 0 Å². The van der Waals surface area contributed by atoms with Crippen LogP contribution in [-0.2, 0) is 13.1 Å². The number of hydrogen-bond acceptors (Lipinski definition) is 5. The van der Waals surface area contributed by atoms with Gasteiger partial charge < -0.3 is 14.7 Å². The summed E-state index contributed by atoms with van der Waals surface area (Å²) in [5.41, 5.74) is 5.80. The average molecular weight is 413 g/mol. The van der Waals surface area contributed by atoms with Gasteiger partial charge in [-0.25, -0.2) is 14.6 Å². The minimum Gasteiger partial charge on any atom is -0.346 e. The Morgan fingerprint density at radius 3 is 3.00 bits per heavy atom. The molecule has 1 saturated carbocycles. The third-order valence-corrected chi connectivity index (χ3v) is 6.11. The summed E-state index contributed by atoms with van der Waals surface area (Å²) in [6.45, 7) is 2.59. The Balaban J connectivity index is 1.16. The molecular weight excluding hydrogens is 388 g/mol. The third kappa shape index (κ3) is 3.70. The molecule has 0 amide bonds. The van der Waals surface area contributed by atoms with E-state index < -0.39 is 0 Å². The van der Waals surface area contributed by atoms with Crippen LogP contribution in [0.1, 0.15) is 30.5 Å². The molecule has 0 unspecified atom stereocenters. The first-order chi connectivity index (χ1) is 15.3. The van der Waals surface area contributed by atoms with Crippen LogP contribution >= 0.6 is 0 Å². The molecule has 0 spiro atoms. The van der Waals surface area contributed by atoms with Crippen LogP contribution in [0.3, 0.4) is 0 Å². The second-order valence-corrected chi connectivity index (χ2v) is 8.40. The average Bonchev–Trinajstić information content (AvgIpc) is 3.48. The third-order valence-electron chi connectivity index (χ3n) is 6.11. The van der Waals surface area contributed by atoms with Crippen LogP contribution in [0.5, 0.6) is 0 Å². The van der Waals surface area contributed by atoms with E-state index in [-0.39, 0.29) is 0 Å². The highest BCUT2D eigenvalue weighted by atomic mass is 15.4. The monoisotopic (exact) mass is 412 g/mol. The Kier molecular flexibility index (Phi) is 4.49. The molecular formula is C23H24N8. The van der Waals surface area contributed by atoms with Gasteiger partial charge in [0, 0.05) is 42.3 Å². The van der Waals surface area contributed by atoms with Gasteiger partial charge in [0.15, 0.2) is 0 Å². The Morgan fingerprint density at radius 2 is 2.10 bits per heavy atom. The number of imidazole rings is 1. The van der Waals surface area contributed by atoms with Crippen LogP contribution in [-0.4, -0.2) is 40.9 Å². The van der Waals surface area contributed by atoms with Crippen LogP contribution in [0.15, 0.2) is 55.2 Å². The Labute approximate surface area is 179 Å². The number of hydrogen-bond donors (Lipinski definition) is 2. The summed E-state index contributed by atoms with van der Waals surface area (Å²) in [5.74, 6) is 0.872. The normalized spacial score (nSPS) is 14.5. The first-order valence-corrected chi connectivity index (χ1v) is 10.8. The standard InChI is InChI=1S/C23H24N8/c1-2-16(3-1)9-24-10-17-4-5-22-27-20(13-30(22)12-17)14-31-15-21(28-29-31)19-8-18-6-7-25-23(18)26-11-19/h4-8,11-13,15-16,24H,1-3,9-10,14H2,(H,25,26). The number of nitrogens with zero attached hydrogens (tertiary/aromatic N) is 6. The highest BCUT2D eigenvalue weighted by molar-refractivity contribution is 5.80. The fraction of sp³-hybridized carbons (Fsp3) is 0.304. The van der Waals surface area contributed by atoms with Crippen molar-refractivity contribution in [2.75, 3.05) is 6.54 Å². The quantitative estimate of drug-likeness (QED) is 0.428. The maximum Gasteiger partial charge on any atom is 0.137 e. The van der Waals surface area contributed by atoms with Crippen molar-refractivity contribution < 1.29 is 0 Å². The first kappa shape index (κ1) is 18.3. The molecule has 1 fully saturated rings. The lowest BCUT2D eigenvalue weighted by atomic mass is 9.85. The van der Waals surface area contributed by atoms with Gasteiger partial charge in [-0.2, -0.15) is 0 Å². The van der Waals surface area contributed by atoms with Crippen molar-refractivity contribution in [3.63, 3.8) is 0 Å². The van der Waals surface area contributed by atoms with Gasteiger partial charge in [0.25, 0.3) is 0 Å². The molecule has 0 radical (unpaired) electrons. The van der Waals surface area contributed by atoms with Crippen molar-refractivity contribution >= 4 is 16.7 Å². The maximum atomic E-state index is 4.73. The van der Waals surface area contributed by atoms with E-state index in [1.165, 1.54) is 24.8 Å². The van der Waals surface area contributed by atoms with E-state index in [2.05, 4.69) is 60.6 Å². The Hall–Kier alpha value is -3.52. The summed E-state index contributed by atoms with van der Waals surface area (Å²) in [4.78, 5) is 12.3. The predicted molar refractivity (Wildman–Crippen MR) is 118 cm³/mol. The van der Waals surface area contributed by atoms with Crippen LogP contribution in [0.25, 0.3) is 27.9 Å². The summed E-state index contributed by atoms with van der Waals surface area (Å²) < 4.78 is 3.91. The molecule has 8 heteroatoms. The Bertz CT molecular complexity index is 1340. The predicted octanol–water partition coefficient (Wildman–Crippen LogP) is 3.41.